The molecule has 21 heavy (non-hydrogen) atoms. The Labute approximate surface area is 143 Å². The van der Waals surface area contributed by atoms with Gasteiger partial charge in [-0.3, -0.25) is 4.68 Å². The van der Waals surface area contributed by atoms with Crippen molar-refractivity contribution in [3.8, 4) is 0 Å². The lowest BCUT2D eigenvalue weighted by molar-refractivity contribution is 0.175. The second kappa shape index (κ2) is 7.14. The number of nitrogens with zero attached hydrogens (tertiary/aromatic N) is 2. The summed E-state index contributed by atoms with van der Waals surface area (Å²) in [5.41, 5.74) is 2.60. The van der Waals surface area contributed by atoms with E-state index < -0.39 is 6.10 Å². The molecule has 0 saturated carbocycles. The van der Waals surface area contributed by atoms with Gasteiger partial charge in [-0.05, 0) is 47.5 Å². The summed E-state index contributed by atoms with van der Waals surface area (Å²) in [6, 6.07) is 5.11. The van der Waals surface area contributed by atoms with Gasteiger partial charge in [-0.2, -0.15) is 5.10 Å². The monoisotopic (exact) mass is 390 g/mol. The lowest BCUT2D eigenvalue weighted by Gasteiger charge is -2.14. The molecule has 1 atom stereocenters. The SMILES string of the molecule is CCc1nn(CC)c(CC(O)c2cc(Cl)ccc2Cl)c1Br. The highest BCUT2D eigenvalue weighted by molar-refractivity contribution is 9.10. The lowest BCUT2D eigenvalue weighted by atomic mass is 10.0. The van der Waals surface area contributed by atoms with E-state index in [0.717, 1.165) is 28.8 Å². The highest BCUT2D eigenvalue weighted by Gasteiger charge is 2.20. The van der Waals surface area contributed by atoms with Gasteiger partial charge in [0.2, 0.25) is 0 Å². The molecule has 1 aromatic carbocycles. The smallest absolute Gasteiger partial charge is 0.0860 e. The maximum Gasteiger partial charge on any atom is 0.0860 e. The standard InChI is InChI=1S/C15H17BrCl2N2O/c1-3-12-15(16)13(20(4-2)19-12)8-14(21)10-7-9(17)5-6-11(10)18/h5-7,14,21H,3-4,8H2,1-2H3. The molecular weight excluding hydrogens is 375 g/mol. The Balaban J connectivity index is 2.33. The summed E-state index contributed by atoms with van der Waals surface area (Å²) in [4.78, 5) is 0. The number of aryl methyl sites for hydroxylation is 2. The zero-order chi connectivity index (χ0) is 15.6. The third-order valence-corrected chi connectivity index (χ3v) is 4.89. The number of aliphatic hydroxyl groups is 1. The fourth-order valence-electron chi connectivity index (χ4n) is 2.28. The molecule has 0 radical (unpaired) electrons. The fraction of sp³-hybridized carbons (Fsp3) is 0.400. The van der Waals surface area contributed by atoms with Gasteiger partial charge in [0.1, 0.15) is 0 Å². The van der Waals surface area contributed by atoms with Gasteiger partial charge in [0.15, 0.2) is 0 Å². The molecule has 1 heterocycles. The number of aromatic nitrogens is 2. The predicted octanol–water partition coefficient (Wildman–Crippen LogP) is 4.81. The Morgan fingerprint density at radius 1 is 1.33 bits per heavy atom. The minimum absolute atomic E-state index is 0.432. The number of benzene rings is 1. The first-order valence-electron chi connectivity index (χ1n) is 6.84. The van der Waals surface area contributed by atoms with Crippen LogP contribution in [-0.2, 0) is 19.4 Å². The van der Waals surface area contributed by atoms with Crippen molar-refractivity contribution in [3.05, 3.63) is 49.7 Å². The van der Waals surface area contributed by atoms with E-state index in [1.165, 1.54) is 0 Å². The number of aliphatic hydroxyl groups excluding tert-OH is 1. The summed E-state index contributed by atoms with van der Waals surface area (Å²) in [7, 11) is 0. The number of halogens is 3. The Hall–Kier alpha value is -0.550. The van der Waals surface area contributed by atoms with Gasteiger partial charge in [0, 0.05) is 28.6 Å². The van der Waals surface area contributed by atoms with Gasteiger partial charge >= 0.3 is 0 Å². The number of hydrogen-bond acceptors (Lipinski definition) is 2. The van der Waals surface area contributed by atoms with Crippen molar-refractivity contribution in [2.24, 2.45) is 0 Å². The summed E-state index contributed by atoms with van der Waals surface area (Å²) in [6.45, 7) is 4.84. The molecule has 1 aromatic heterocycles. The first kappa shape index (κ1) is 16.8. The van der Waals surface area contributed by atoms with Crippen LogP contribution in [0.15, 0.2) is 22.7 Å². The molecule has 0 amide bonds. The molecule has 3 nitrogen and oxygen atoms in total. The van der Waals surface area contributed by atoms with Crippen LogP contribution in [0.25, 0.3) is 0 Å². The maximum atomic E-state index is 10.5. The van der Waals surface area contributed by atoms with Crippen LogP contribution < -0.4 is 0 Å². The van der Waals surface area contributed by atoms with Crippen molar-refractivity contribution in [3.63, 3.8) is 0 Å². The second-order valence-corrected chi connectivity index (χ2v) is 6.40. The van der Waals surface area contributed by atoms with Gasteiger partial charge in [-0.25, -0.2) is 0 Å². The zero-order valence-corrected chi connectivity index (χ0v) is 15.0. The summed E-state index contributed by atoms with van der Waals surface area (Å²) in [5, 5.41) is 16.1. The van der Waals surface area contributed by atoms with Crippen molar-refractivity contribution in [1.82, 2.24) is 9.78 Å². The molecule has 0 aliphatic carbocycles. The Morgan fingerprint density at radius 2 is 2.05 bits per heavy atom. The van der Waals surface area contributed by atoms with Crippen molar-refractivity contribution in [2.75, 3.05) is 0 Å². The van der Waals surface area contributed by atoms with Crippen LogP contribution in [0.4, 0.5) is 0 Å². The van der Waals surface area contributed by atoms with E-state index in [2.05, 4.69) is 28.0 Å². The van der Waals surface area contributed by atoms with E-state index in [1.54, 1.807) is 18.2 Å². The first-order valence-corrected chi connectivity index (χ1v) is 8.39. The van der Waals surface area contributed by atoms with Gasteiger partial charge in [0.25, 0.3) is 0 Å². The molecule has 0 fully saturated rings. The minimum atomic E-state index is -0.723. The molecule has 2 rings (SSSR count). The average Bonchev–Trinajstić information content (AvgIpc) is 2.77. The van der Waals surface area contributed by atoms with Crippen molar-refractivity contribution < 1.29 is 5.11 Å². The third-order valence-electron chi connectivity index (χ3n) is 3.40. The zero-order valence-electron chi connectivity index (χ0n) is 11.9. The van der Waals surface area contributed by atoms with E-state index in [-0.39, 0.29) is 0 Å². The Morgan fingerprint density at radius 3 is 2.67 bits per heavy atom. The van der Waals surface area contributed by atoms with Gasteiger partial charge in [0.05, 0.1) is 22.0 Å². The van der Waals surface area contributed by atoms with Crippen LogP contribution >= 0.6 is 39.1 Å². The minimum Gasteiger partial charge on any atom is -0.388 e. The Bertz CT molecular complexity index is 643. The third kappa shape index (κ3) is 3.62. The second-order valence-electron chi connectivity index (χ2n) is 4.76. The fourth-order valence-corrected chi connectivity index (χ4v) is 3.43. The van der Waals surface area contributed by atoms with Crippen molar-refractivity contribution in [2.45, 2.75) is 39.3 Å². The molecule has 1 N–H and O–H groups in total. The molecule has 0 aliphatic heterocycles. The summed E-state index contributed by atoms with van der Waals surface area (Å²) in [5.74, 6) is 0. The van der Waals surface area contributed by atoms with E-state index in [4.69, 9.17) is 23.2 Å². The largest absolute Gasteiger partial charge is 0.388 e. The van der Waals surface area contributed by atoms with Gasteiger partial charge in [-0.15, -0.1) is 0 Å². The average molecular weight is 392 g/mol. The van der Waals surface area contributed by atoms with Crippen LogP contribution in [0.1, 0.15) is 36.9 Å². The molecule has 0 saturated heterocycles. The highest BCUT2D eigenvalue weighted by Crippen LogP contribution is 2.31. The predicted molar refractivity (Wildman–Crippen MR) is 90.1 cm³/mol. The summed E-state index contributed by atoms with van der Waals surface area (Å²) in [6.07, 6.45) is 0.551. The van der Waals surface area contributed by atoms with E-state index in [9.17, 15) is 5.11 Å². The Kier molecular flexibility index (Phi) is 5.72. The van der Waals surface area contributed by atoms with Gasteiger partial charge < -0.3 is 5.11 Å². The topological polar surface area (TPSA) is 38.0 Å². The molecule has 1 unspecified atom stereocenters. The molecule has 0 bridgehead atoms. The molecule has 2 aromatic rings. The molecule has 0 spiro atoms. The normalized spacial score (nSPS) is 12.7. The molecule has 6 heteroatoms. The van der Waals surface area contributed by atoms with Crippen LogP contribution in [-0.4, -0.2) is 14.9 Å². The quantitative estimate of drug-likeness (QED) is 0.793. The van der Waals surface area contributed by atoms with Crippen LogP contribution in [0.2, 0.25) is 10.0 Å². The van der Waals surface area contributed by atoms with Gasteiger partial charge in [-0.1, -0.05) is 30.1 Å². The first-order chi connectivity index (χ1) is 9.97. The summed E-state index contributed by atoms with van der Waals surface area (Å²) >= 11 is 15.7. The van der Waals surface area contributed by atoms with E-state index >= 15 is 0 Å². The maximum absolute atomic E-state index is 10.5. The van der Waals surface area contributed by atoms with Crippen LogP contribution in [0.3, 0.4) is 0 Å². The van der Waals surface area contributed by atoms with Crippen molar-refractivity contribution >= 4 is 39.1 Å². The van der Waals surface area contributed by atoms with E-state index in [1.807, 2.05) is 11.6 Å². The highest BCUT2D eigenvalue weighted by atomic mass is 79.9. The lowest BCUT2D eigenvalue weighted by Crippen LogP contribution is -2.09. The van der Waals surface area contributed by atoms with Crippen LogP contribution in [0, 0.1) is 0 Å². The van der Waals surface area contributed by atoms with Crippen molar-refractivity contribution in [1.29, 1.82) is 0 Å². The van der Waals surface area contributed by atoms with Crippen LogP contribution in [0.5, 0.6) is 0 Å². The summed E-state index contributed by atoms with van der Waals surface area (Å²) < 4.78 is 2.87. The molecule has 0 aliphatic rings. The molecular formula is C15H17BrCl2N2O. The number of hydrogen-bond donors (Lipinski definition) is 1. The molecule has 114 valence electrons. The number of rotatable bonds is 5. The van der Waals surface area contributed by atoms with E-state index in [0.29, 0.717) is 22.0 Å².